The first-order valence-corrected chi connectivity index (χ1v) is 7.65. The van der Waals surface area contributed by atoms with Crippen LogP contribution in [0.5, 0.6) is 0 Å². The molecule has 0 aromatic heterocycles. The Morgan fingerprint density at radius 1 is 1.35 bits per heavy atom. The van der Waals surface area contributed by atoms with Gasteiger partial charge in [-0.05, 0) is 18.4 Å². The molecule has 3 nitrogen and oxygen atoms in total. The lowest BCUT2D eigenvalue weighted by atomic mass is 9.57. The van der Waals surface area contributed by atoms with Gasteiger partial charge in [0, 0.05) is 30.0 Å². The maximum absolute atomic E-state index is 9.67. The van der Waals surface area contributed by atoms with Crippen LogP contribution in [-0.4, -0.2) is 36.5 Å². The van der Waals surface area contributed by atoms with Crippen LogP contribution in [0.4, 0.5) is 0 Å². The normalized spacial score (nSPS) is 32.5. The van der Waals surface area contributed by atoms with E-state index < -0.39 is 0 Å². The van der Waals surface area contributed by atoms with Crippen LogP contribution in [0.25, 0.3) is 0 Å². The highest BCUT2D eigenvalue weighted by Gasteiger charge is 2.59. The Hall–Kier alpha value is -0.900. The molecule has 4 unspecified atom stereocenters. The largest absolute Gasteiger partial charge is 0.395 e. The van der Waals surface area contributed by atoms with Crippen molar-refractivity contribution in [3.8, 4) is 0 Å². The molecule has 0 bridgehead atoms. The summed E-state index contributed by atoms with van der Waals surface area (Å²) >= 11 is 0. The number of hydrogen-bond donors (Lipinski definition) is 2. The molecule has 1 heterocycles. The van der Waals surface area contributed by atoms with Crippen molar-refractivity contribution in [3.05, 3.63) is 35.9 Å². The van der Waals surface area contributed by atoms with Crippen LogP contribution in [0, 0.1) is 11.3 Å². The summed E-state index contributed by atoms with van der Waals surface area (Å²) in [6.45, 7) is 5.61. The molecule has 3 rings (SSSR count). The standard InChI is InChI=1S/C17H25NO2/c1-17(2)15(14-8-9-20-16(14)17)18-13(11-19)10-12-6-4-3-5-7-12/h3-7,13-16,18-19H,8-11H2,1-2H3. The first-order chi connectivity index (χ1) is 9.63. The van der Waals surface area contributed by atoms with Crippen molar-refractivity contribution >= 4 is 0 Å². The fourth-order valence-corrected chi connectivity index (χ4v) is 3.99. The number of rotatable bonds is 5. The summed E-state index contributed by atoms with van der Waals surface area (Å²) in [4.78, 5) is 0. The van der Waals surface area contributed by atoms with Gasteiger partial charge in [0.2, 0.25) is 0 Å². The third kappa shape index (κ3) is 2.39. The Morgan fingerprint density at radius 2 is 2.10 bits per heavy atom. The van der Waals surface area contributed by atoms with E-state index in [1.165, 1.54) is 5.56 Å². The number of ether oxygens (including phenoxy) is 1. The molecule has 1 aromatic rings. The lowest BCUT2D eigenvalue weighted by Gasteiger charge is -2.55. The van der Waals surface area contributed by atoms with Crippen LogP contribution < -0.4 is 5.32 Å². The lowest BCUT2D eigenvalue weighted by Crippen LogP contribution is -2.67. The molecule has 0 amide bonds. The Labute approximate surface area is 121 Å². The molecule has 110 valence electrons. The van der Waals surface area contributed by atoms with Gasteiger partial charge in [-0.15, -0.1) is 0 Å². The summed E-state index contributed by atoms with van der Waals surface area (Å²) in [7, 11) is 0. The first-order valence-electron chi connectivity index (χ1n) is 7.65. The zero-order valence-corrected chi connectivity index (χ0v) is 12.4. The van der Waals surface area contributed by atoms with Crippen molar-refractivity contribution < 1.29 is 9.84 Å². The topological polar surface area (TPSA) is 41.5 Å². The lowest BCUT2D eigenvalue weighted by molar-refractivity contribution is -0.116. The SMILES string of the molecule is CC1(C)C(NC(CO)Cc2ccccc2)C2CCOC21. The molecule has 1 saturated heterocycles. The number of benzene rings is 1. The second-order valence-electron chi connectivity index (χ2n) is 6.78. The summed E-state index contributed by atoms with van der Waals surface area (Å²) < 4.78 is 5.83. The van der Waals surface area contributed by atoms with Gasteiger partial charge in [-0.1, -0.05) is 44.2 Å². The molecule has 4 atom stereocenters. The maximum atomic E-state index is 9.67. The predicted octanol–water partition coefficient (Wildman–Crippen LogP) is 1.99. The second-order valence-corrected chi connectivity index (χ2v) is 6.78. The number of nitrogens with one attached hydrogen (secondary N) is 1. The van der Waals surface area contributed by atoms with Crippen molar-refractivity contribution in [3.63, 3.8) is 0 Å². The minimum atomic E-state index is 0.128. The summed E-state index contributed by atoms with van der Waals surface area (Å²) in [6.07, 6.45) is 2.42. The summed E-state index contributed by atoms with van der Waals surface area (Å²) in [5, 5.41) is 13.4. The van der Waals surface area contributed by atoms with Crippen LogP contribution in [0.15, 0.2) is 30.3 Å². The van der Waals surface area contributed by atoms with Crippen molar-refractivity contribution in [2.24, 2.45) is 11.3 Å². The van der Waals surface area contributed by atoms with Gasteiger partial charge >= 0.3 is 0 Å². The van der Waals surface area contributed by atoms with E-state index in [-0.39, 0.29) is 18.1 Å². The van der Waals surface area contributed by atoms with E-state index >= 15 is 0 Å². The van der Waals surface area contributed by atoms with Crippen LogP contribution in [0.1, 0.15) is 25.8 Å². The number of fused-ring (bicyclic) bond motifs is 1. The van der Waals surface area contributed by atoms with Crippen LogP contribution in [0.3, 0.4) is 0 Å². The van der Waals surface area contributed by atoms with Gasteiger partial charge in [0.25, 0.3) is 0 Å². The molecule has 1 saturated carbocycles. The van der Waals surface area contributed by atoms with E-state index in [0.29, 0.717) is 18.1 Å². The highest BCUT2D eigenvalue weighted by Crippen LogP contribution is 2.52. The summed E-state index contributed by atoms with van der Waals surface area (Å²) in [6, 6.07) is 11.0. The maximum Gasteiger partial charge on any atom is 0.0685 e. The molecule has 0 radical (unpaired) electrons. The highest BCUT2D eigenvalue weighted by atomic mass is 16.5. The minimum Gasteiger partial charge on any atom is -0.395 e. The van der Waals surface area contributed by atoms with E-state index in [1.807, 2.05) is 6.07 Å². The quantitative estimate of drug-likeness (QED) is 0.863. The zero-order valence-electron chi connectivity index (χ0n) is 12.4. The molecule has 1 aromatic carbocycles. The minimum absolute atomic E-state index is 0.128. The molecule has 3 heteroatoms. The van der Waals surface area contributed by atoms with E-state index in [2.05, 4.69) is 43.4 Å². The highest BCUT2D eigenvalue weighted by molar-refractivity contribution is 5.17. The molecule has 0 spiro atoms. The van der Waals surface area contributed by atoms with Gasteiger partial charge in [0.1, 0.15) is 0 Å². The van der Waals surface area contributed by atoms with Crippen molar-refractivity contribution in [1.82, 2.24) is 5.32 Å². The predicted molar refractivity (Wildman–Crippen MR) is 79.6 cm³/mol. The molecule has 2 N–H and O–H groups in total. The van der Waals surface area contributed by atoms with Crippen LogP contribution in [-0.2, 0) is 11.2 Å². The van der Waals surface area contributed by atoms with E-state index in [9.17, 15) is 5.11 Å². The van der Waals surface area contributed by atoms with E-state index in [1.54, 1.807) is 0 Å². The van der Waals surface area contributed by atoms with E-state index in [4.69, 9.17) is 4.74 Å². The smallest absolute Gasteiger partial charge is 0.0685 e. The monoisotopic (exact) mass is 275 g/mol. The Bertz CT molecular complexity index is 446. The summed E-state index contributed by atoms with van der Waals surface area (Å²) in [5.74, 6) is 0.620. The zero-order chi connectivity index (χ0) is 14.2. The molecule has 1 aliphatic heterocycles. The molecular formula is C17H25NO2. The molecule has 1 aliphatic carbocycles. The molecule has 20 heavy (non-hydrogen) atoms. The molecule has 2 fully saturated rings. The van der Waals surface area contributed by atoms with Gasteiger partial charge in [0.15, 0.2) is 0 Å². The number of aliphatic hydroxyl groups is 1. The average Bonchev–Trinajstić information content (AvgIpc) is 2.91. The van der Waals surface area contributed by atoms with Crippen LogP contribution >= 0.6 is 0 Å². The fourth-order valence-electron chi connectivity index (χ4n) is 3.99. The van der Waals surface area contributed by atoms with Gasteiger partial charge in [-0.2, -0.15) is 0 Å². The summed E-state index contributed by atoms with van der Waals surface area (Å²) in [5.41, 5.74) is 1.45. The van der Waals surface area contributed by atoms with Gasteiger partial charge < -0.3 is 15.2 Å². The van der Waals surface area contributed by atoms with Gasteiger partial charge in [-0.3, -0.25) is 0 Å². The third-order valence-electron chi connectivity index (χ3n) is 5.06. The van der Waals surface area contributed by atoms with Crippen molar-refractivity contribution in [2.75, 3.05) is 13.2 Å². The van der Waals surface area contributed by atoms with Gasteiger partial charge in [0.05, 0.1) is 12.7 Å². The third-order valence-corrected chi connectivity index (χ3v) is 5.06. The average molecular weight is 275 g/mol. The number of aliphatic hydroxyl groups excluding tert-OH is 1. The van der Waals surface area contributed by atoms with Gasteiger partial charge in [-0.25, -0.2) is 0 Å². The molecular weight excluding hydrogens is 250 g/mol. The first kappa shape index (κ1) is 14.1. The Kier molecular flexibility index (Phi) is 3.85. The van der Waals surface area contributed by atoms with Crippen LogP contribution in [0.2, 0.25) is 0 Å². The van der Waals surface area contributed by atoms with Crippen molar-refractivity contribution in [1.29, 1.82) is 0 Å². The van der Waals surface area contributed by atoms with E-state index in [0.717, 1.165) is 19.4 Å². The Morgan fingerprint density at radius 3 is 2.80 bits per heavy atom. The molecule has 2 aliphatic rings. The Balaban J connectivity index is 1.63. The second kappa shape index (κ2) is 5.47. The number of hydrogen-bond acceptors (Lipinski definition) is 3. The fraction of sp³-hybridized carbons (Fsp3) is 0.647. The van der Waals surface area contributed by atoms with Crippen molar-refractivity contribution in [2.45, 2.75) is 44.9 Å².